The number of benzene rings is 1. The lowest BCUT2D eigenvalue weighted by atomic mass is 10.1. The summed E-state index contributed by atoms with van der Waals surface area (Å²) in [6, 6.07) is 7.05. The maximum absolute atomic E-state index is 11.5. The first-order valence-corrected chi connectivity index (χ1v) is 6.83. The largest absolute Gasteiger partial charge is 0.497 e. The fourth-order valence-corrected chi connectivity index (χ4v) is 2.67. The normalized spacial score (nSPS) is 18.7. The van der Waals surface area contributed by atoms with Gasteiger partial charge >= 0.3 is 5.97 Å². The van der Waals surface area contributed by atoms with E-state index < -0.39 is 12.0 Å². The van der Waals surface area contributed by atoms with Crippen LogP contribution < -0.4 is 15.0 Å². The van der Waals surface area contributed by atoms with E-state index in [2.05, 4.69) is 10.3 Å². The first kappa shape index (κ1) is 13.6. The molecule has 1 aliphatic heterocycles. The Morgan fingerprint density at radius 2 is 2.33 bits per heavy atom. The number of carboxylic acids is 1. The monoisotopic (exact) mass is 287 g/mol. The van der Waals surface area contributed by atoms with E-state index >= 15 is 0 Å². The Morgan fingerprint density at radius 3 is 3.10 bits per heavy atom. The van der Waals surface area contributed by atoms with Gasteiger partial charge in [0.1, 0.15) is 17.6 Å². The van der Waals surface area contributed by atoms with Gasteiger partial charge in [-0.1, -0.05) is 6.07 Å². The van der Waals surface area contributed by atoms with Crippen molar-refractivity contribution in [3.8, 4) is 5.75 Å². The van der Waals surface area contributed by atoms with E-state index in [-0.39, 0.29) is 0 Å². The number of anilines is 1. The predicted octanol–water partition coefficient (Wildman–Crippen LogP) is 1.11. The van der Waals surface area contributed by atoms with Crippen LogP contribution >= 0.6 is 0 Å². The van der Waals surface area contributed by atoms with Crippen LogP contribution in [-0.2, 0) is 4.79 Å². The molecule has 110 valence electrons. The van der Waals surface area contributed by atoms with Crippen molar-refractivity contribution in [3.63, 3.8) is 0 Å². The third-order valence-electron chi connectivity index (χ3n) is 3.75. The lowest BCUT2D eigenvalue weighted by Gasteiger charge is -2.35. The molecule has 21 heavy (non-hydrogen) atoms. The molecule has 6 nitrogen and oxygen atoms in total. The number of nitrogens with one attached hydrogen (secondary N) is 1. The quantitative estimate of drug-likeness (QED) is 0.881. The zero-order valence-electron chi connectivity index (χ0n) is 11.7. The van der Waals surface area contributed by atoms with Crippen LogP contribution in [0.3, 0.4) is 0 Å². The van der Waals surface area contributed by atoms with Gasteiger partial charge < -0.3 is 20.1 Å². The maximum Gasteiger partial charge on any atom is 0.327 e. The molecule has 3 rings (SSSR count). The number of methoxy groups -OCH3 is 1. The highest BCUT2D eigenvalue weighted by Crippen LogP contribution is 2.29. The number of pyridine rings is 1. The maximum atomic E-state index is 11.5. The van der Waals surface area contributed by atoms with E-state index in [1.807, 2.05) is 29.2 Å². The first-order chi connectivity index (χ1) is 10.2. The van der Waals surface area contributed by atoms with Crippen molar-refractivity contribution in [3.05, 3.63) is 30.5 Å². The number of rotatable bonds is 3. The lowest BCUT2D eigenvalue weighted by molar-refractivity contribution is -0.138. The molecule has 1 unspecified atom stereocenters. The van der Waals surface area contributed by atoms with Crippen LogP contribution in [0.4, 0.5) is 5.82 Å². The van der Waals surface area contributed by atoms with Crippen molar-refractivity contribution in [2.75, 3.05) is 31.6 Å². The predicted molar refractivity (Wildman–Crippen MR) is 79.9 cm³/mol. The van der Waals surface area contributed by atoms with E-state index in [0.29, 0.717) is 18.9 Å². The van der Waals surface area contributed by atoms with Gasteiger partial charge in [-0.15, -0.1) is 0 Å². The fraction of sp³-hybridized carbons (Fsp3) is 0.333. The van der Waals surface area contributed by atoms with Gasteiger partial charge in [0, 0.05) is 31.2 Å². The van der Waals surface area contributed by atoms with Crippen LogP contribution in [0, 0.1) is 0 Å². The van der Waals surface area contributed by atoms with E-state index in [9.17, 15) is 9.90 Å². The van der Waals surface area contributed by atoms with Crippen molar-refractivity contribution in [2.45, 2.75) is 6.04 Å². The topological polar surface area (TPSA) is 74.7 Å². The minimum absolute atomic E-state index is 0.414. The Morgan fingerprint density at radius 1 is 1.48 bits per heavy atom. The minimum atomic E-state index is -0.844. The molecular formula is C15H17N3O3. The molecule has 0 aliphatic carbocycles. The van der Waals surface area contributed by atoms with Crippen molar-refractivity contribution >= 4 is 22.6 Å². The molecule has 1 fully saturated rings. The standard InChI is InChI=1S/C15H17N3O3/c1-21-11-3-2-10-4-5-17-14(12(10)8-11)18-7-6-16-9-13(18)15(19)20/h2-5,8,13,16H,6-7,9H2,1H3,(H,19,20). The van der Waals surface area contributed by atoms with Crippen LogP contribution in [-0.4, -0.2) is 48.8 Å². The summed E-state index contributed by atoms with van der Waals surface area (Å²) in [5, 5.41) is 14.4. The average molecular weight is 287 g/mol. The molecule has 1 aliphatic rings. The smallest absolute Gasteiger partial charge is 0.327 e. The van der Waals surface area contributed by atoms with Gasteiger partial charge in [0.05, 0.1) is 7.11 Å². The summed E-state index contributed by atoms with van der Waals surface area (Å²) in [5.41, 5.74) is 0. The highest BCUT2D eigenvalue weighted by atomic mass is 16.5. The molecular weight excluding hydrogens is 270 g/mol. The number of hydrogen-bond donors (Lipinski definition) is 2. The molecule has 2 aromatic rings. The molecule has 1 aromatic carbocycles. The van der Waals surface area contributed by atoms with Crippen LogP contribution in [0.15, 0.2) is 30.5 Å². The summed E-state index contributed by atoms with van der Waals surface area (Å²) >= 11 is 0. The summed E-state index contributed by atoms with van der Waals surface area (Å²) in [6.45, 7) is 1.77. The minimum Gasteiger partial charge on any atom is -0.497 e. The Labute approximate surface area is 122 Å². The van der Waals surface area contributed by atoms with E-state index in [1.54, 1.807) is 13.3 Å². The second kappa shape index (κ2) is 5.57. The number of carbonyl (C=O) groups is 1. The molecule has 0 spiro atoms. The summed E-state index contributed by atoms with van der Waals surface area (Å²) in [5.74, 6) is 0.586. The lowest BCUT2D eigenvalue weighted by Crippen LogP contribution is -2.55. The van der Waals surface area contributed by atoms with Crippen LogP contribution in [0.5, 0.6) is 5.75 Å². The van der Waals surface area contributed by atoms with E-state index in [0.717, 1.165) is 23.1 Å². The third-order valence-corrected chi connectivity index (χ3v) is 3.75. The van der Waals surface area contributed by atoms with Gasteiger partial charge in [-0.2, -0.15) is 0 Å². The number of aromatic nitrogens is 1. The number of nitrogens with zero attached hydrogens (tertiary/aromatic N) is 2. The SMILES string of the molecule is COc1ccc2ccnc(N3CCNCC3C(=O)O)c2c1. The van der Waals surface area contributed by atoms with Crippen LogP contribution in [0.2, 0.25) is 0 Å². The Hall–Kier alpha value is -2.34. The van der Waals surface area contributed by atoms with Gasteiger partial charge in [-0.25, -0.2) is 9.78 Å². The molecule has 1 saturated heterocycles. The Bertz CT molecular complexity index is 674. The molecule has 0 bridgehead atoms. The van der Waals surface area contributed by atoms with Gasteiger partial charge in [-0.05, 0) is 23.6 Å². The molecule has 1 aromatic heterocycles. The van der Waals surface area contributed by atoms with Crippen molar-refractivity contribution < 1.29 is 14.6 Å². The number of aliphatic carboxylic acids is 1. The van der Waals surface area contributed by atoms with Crippen LogP contribution in [0.25, 0.3) is 10.8 Å². The van der Waals surface area contributed by atoms with Gasteiger partial charge in [-0.3, -0.25) is 0 Å². The Balaban J connectivity index is 2.11. The molecule has 6 heteroatoms. The molecule has 0 radical (unpaired) electrons. The summed E-state index contributed by atoms with van der Waals surface area (Å²) in [7, 11) is 1.61. The first-order valence-electron chi connectivity index (χ1n) is 6.83. The third kappa shape index (κ3) is 2.50. The fourth-order valence-electron chi connectivity index (χ4n) is 2.67. The summed E-state index contributed by atoms with van der Waals surface area (Å²) in [4.78, 5) is 17.7. The Kier molecular flexibility index (Phi) is 3.62. The van der Waals surface area contributed by atoms with Gasteiger partial charge in [0.2, 0.25) is 0 Å². The number of carboxylic acid groups (broad SMARTS) is 1. The molecule has 1 atom stereocenters. The highest BCUT2D eigenvalue weighted by Gasteiger charge is 2.30. The summed E-state index contributed by atoms with van der Waals surface area (Å²) in [6.07, 6.45) is 1.71. The van der Waals surface area contributed by atoms with Gasteiger partial charge in [0.25, 0.3) is 0 Å². The van der Waals surface area contributed by atoms with E-state index in [4.69, 9.17) is 4.74 Å². The number of piperazine rings is 1. The molecule has 0 saturated carbocycles. The number of fused-ring (bicyclic) bond motifs is 1. The zero-order valence-corrected chi connectivity index (χ0v) is 11.7. The molecule has 0 amide bonds. The van der Waals surface area contributed by atoms with Gasteiger partial charge in [0.15, 0.2) is 0 Å². The summed E-state index contributed by atoms with van der Waals surface area (Å²) < 4.78 is 5.26. The van der Waals surface area contributed by atoms with Crippen molar-refractivity contribution in [1.29, 1.82) is 0 Å². The van der Waals surface area contributed by atoms with Crippen molar-refractivity contribution in [1.82, 2.24) is 10.3 Å². The molecule has 2 N–H and O–H groups in total. The highest BCUT2D eigenvalue weighted by molar-refractivity contribution is 5.94. The second-order valence-electron chi connectivity index (χ2n) is 4.97. The van der Waals surface area contributed by atoms with Crippen LogP contribution in [0.1, 0.15) is 0 Å². The zero-order chi connectivity index (χ0) is 14.8. The van der Waals surface area contributed by atoms with Crippen molar-refractivity contribution in [2.24, 2.45) is 0 Å². The average Bonchev–Trinajstić information content (AvgIpc) is 2.53. The number of ether oxygens (including phenoxy) is 1. The second-order valence-corrected chi connectivity index (χ2v) is 4.97. The van der Waals surface area contributed by atoms with E-state index in [1.165, 1.54) is 0 Å². The number of hydrogen-bond acceptors (Lipinski definition) is 5. The molecule has 2 heterocycles.